The maximum absolute atomic E-state index is 10.6. The fourth-order valence-electron chi connectivity index (χ4n) is 1.88. The highest BCUT2D eigenvalue weighted by Crippen LogP contribution is 2.09. The topological polar surface area (TPSA) is 96.9 Å². The summed E-state index contributed by atoms with van der Waals surface area (Å²) < 4.78 is 0. The minimum atomic E-state index is 0.134. The molecular formula is C18H24N4O2. The molecule has 128 valence electrons. The molecule has 0 bridgehead atoms. The Kier molecular flexibility index (Phi) is 8.74. The van der Waals surface area contributed by atoms with E-state index >= 15 is 0 Å². The van der Waals surface area contributed by atoms with E-state index in [2.05, 4.69) is 15.3 Å². The molecule has 0 radical (unpaired) electrons. The summed E-state index contributed by atoms with van der Waals surface area (Å²) in [5, 5.41) is 3.22. The van der Waals surface area contributed by atoms with Crippen LogP contribution in [0.25, 0.3) is 0 Å². The van der Waals surface area contributed by atoms with Gasteiger partial charge in [0.05, 0.1) is 6.54 Å². The average molecular weight is 328 g/mol. The second kappa shape index (κ2) is 10.9. The first-order valence-electron chi connectivity index (χ1n) is 7.81. The van der Waals surface area contributed by atoms with Crippen molar-refractivity contribution in [2.45, 2.75) is 32.7 Å². The molecule has 3 N–H and O–H groups in total. The lowest BCUT2D eigenvalue weighted by molar-refractivity contribution is -0.108. The van der Waals surface area contributed by atoms with Gasteiger partial charge < -0.3 is 15.8 Å². The normalized spacial score (nSPS) is 13.8. The van der Waals surface area contributed by atoms with Crippen molar-refractivity contribution in [1.82, 2.24) is 0 Å². The Bertz CT molecular complexity index is 618. The van der Waals surface area contributed by atoms with E-state index < -0.39 is 0 Å². The summed E-state index contributed by atoms with van der Waals surface area (Å²) in [5.74, 6) is 0. The summed E-state index contributed by atoms with van der Waals surface area (Å²) in [7, 11) is 0. The highest BCUT2D eigenvalue weighted by molar-refractivity contribution is 5.90. The molecule has 1 rings (SSSR count). The smallest absolute Gasteiger partial charge is 0.169 e. The zero-order chi connectivity index (χ0) is 17.8. The molecule has 0 aliphatic carbocycles. The van der Waals surface area contributed by atoms with Crippen LogP contribution < -0.4 is 11.1 Å². The monoisotopic (exact) mass is 328 g/mol. The zero-order valence-corrected chi connectivity index (χ0v) is 14.1. The molecule has 0 aromatic heterocycles. The van der Waals surface area contributed by atoms with Crippen molar-refractivity contribution in [2.24, 2.45) is 15.7 Å². The highest BCUT2D eigenvalue weighted by atomic mass is 16.1. The van der Waals surface area contributed by atoms with E-state index in [1.54, 1.807) is 0 Å². The number of allylic oxidation sites excluding steroid dienone is 1. The van der Waals surface area contributed by atoms with E-state index in [0.717, 1.165) is 29.7 Å². The molecule has 1 aromatic rings. The zero-order valence-electron chi connectivity index (χ0n) is 14.1. The molecule has 1 atom stereocenters. The Balaban J connectivity index is 2.54. The Morgan fingerprint density at radius 2 is 2.00 bits per heavy atom. The molecule has 0 aliphatic rings. The van der Waals surface area contributed by atoms with Gasteiger partial charge in [0.2, 0.25) is 0 Å². The van der Waals surface area contributed by atoms with Gasteiger partial charge in [-0.15, -0.1) is 0 Å². The molecule has 6 nitrogen and oxygen atoms in total. The van der Waals surface area contributed by atoms with Crippen LogP contribution in [-0.2, 0) is 9.59 Å². The maximum Gasteiger partial charge on any atom is 0.169 e. The lowest BCUT2D eigenvalue weighted by Gasteiger charge is -2.07. The van der Waals surface area contributed by atoms with Crippen LogP contribution in [0, 0.1) is 0 Å². The van der Waals surface area contributed by atoms with Crippen LogP contribution in [0.3, 0.4) is 0 Å². The maximum atomic E-state index is 10.6. The number of aldehydes is 2. The molecule has 0 amide bonds. The third-order valence-corrected chi connectivity index (χ3v) is 3.25. The van der Waals surface area contributed by atoms with E-state index in [-0.39, 0.29) is 11.7 Å². The highest BCUT2D eigenvalue weighted by Gasteiger charge is 1.98. The summed E-state index contributed by atoms with van der Waals surface area (Å²) in [6.45, 7) is 4.32. The summed E-state index contributed by atoms with van der Waals surface area (Å²) in [4.78, 5) is 29.5. The first-order valence-corrected chi connectivity index (χ1v) is 7.81. The Morgan fingerprint density at radius 3 is 2.58 bits per heavy atom. The minimum absolute atomic E-state index is 0.134. The van der Waals surface area contributed by atoms with Gasteiger partial charge in [0.15, 0.2) is 6.29 Å². The number of nitrogens with zero attached hydrogens (tertiary/aromatic N) is 2. The van der Waals surface area contributed by atoms with Crippen molar-refractivity contribution >= 4 is 30.2 Å². The largest absolute Gasteiger partial charge is 0.403 e. The molecule has 0 heterocycles. The van der Waals surface area contributed by atoms with Crippen molar-refractivity contribution in [1.29, 1.82) is 0 Å². The lowest BCUT2D eigenvalue weighted by atomic mass is 10.2. The molecular weight excluding hydrogens is 304 g/mol. The van der Waals surface area contributed by atoms with Gasteiger partial charge in [0, 0.05) is 36.3 Å². The van der Waals surface area contributed by atoms with Crippen LogP contribution in [0.1, 0.15) is 32.3 Å². The summed E-state index contributed by atoms with van der Waals surface area (Å²) in [5.41, 5.74) is 8.19. The average Bonchev–Trinajstić information content (AvgIpc) is 2.61. The van der Waals surface area contributed by atoms with Gasteiger partial charge in [-0.1, -0.05) is 12.1 Å². The van der Waals surface area contributed by atoms with Crippen molar-refractivity contribution in [3.63, 3.8) is 0 Å². The SMILES string of the molecule is C/C(CNc1ccc(/C=N/[C@H](C)CCC=O)cc1)=N\C(C=O)=C/N. The van der Waals surface area contributed by atoms with Crippen molar-refractivity contribution in [3.05, 3.63) is 41.7 Å². The number of rotatable bonds is 10. The fourth-order valence-corrected chi connectivity index (χ4v) is 1.88. The summed E-state index contributed by atoms with van der Waals surface area (Å²) >= 11 is 0. The van der Waals surface area contributed by atoms with Crippen LogP contribution in [-0.4, -0.2) is 37.1 Å². The van der Waals surface area contributed by atoms with E-state index in [1.807, 2.05) is 44.3 Å². The summed E-state index contributed by atoms with van der Waals surface area (Å²) in [6, 6.07) is 7.95. The first-order chi connectivity index (χ1) is 11.6. The molecule has 0 aliphatic heterocycles. The second-order valence-electron chi connectivity index (χ2n) is 5.40. The third-order valence-electron chi connectivity index (χ3n) is 3.25. The fraction of sp³-hybridized carbons (Fsp3) is 0.333. The number of hydrogen-bond donors (Lipinski definition) is 2. The van der Waals surface area contributed by atoms with E-state index in [1.165, 1.54) is 6.20 Å². The van der Waals surface area contributed by atoms with E-state index in [9.17, 15) is 9.59 Å². The van der Waals surface area contributed by atoms with Crippen molar-refractivity contribution < 1.29 is 9.59 Å². The van der Waals surface area contributed by atoms with Crippen LogP contribution in [0.5, 0.6) is 0 Å². The number of anilines is 1. The predicted octanol–water partition coefficient (Wildman–Crippen LogP) is 2.34. The second-order valence-corrected chi connectivity index (χ2v) is 5.40. The molecule has 0 unspecified atom stereocenters. The molecule has 24 heavy (non-hydrogen) atoms. The minimum Gasteiger partial charge on any atom is -0.403 e. The molecule has 1 aromatic carbocycles. The molecule has 0 fully saturated rings. The Morgan fingerprint density at radius 1 is 1.29 bits per heavy atom. The van der Waals surface area contributed by atoms with Gasteiger partial charge in [-0.05, 0) is 38.0 Å². The molecule has 0 saturated carbocycles. The van der Waals surface area contributed by atoms with Crippen LogP contribution in [0.15, 0.2) is 46.1 Å². The number of aliphatic imine (C=N–C) groups is 2. The number of nitrogens with one attached hydrogen (secondary N) is 1. The summed E-state index contributed by atoms with van der Waals surface area (Å²) in [6.07, 6.45) is 5.83. The van der Waals surface area contributed by atoms with Crippen LogP contribution in [0.4, 0.5) is 5.69 Å². The van der Waals surface area contributed by atoms with Gasteiger partial charge >= 0.3 is 0 Å². The van der Waals surface area contributed by atoms with E-state index in [4.69, 9.17) is 5.73 Å². The van der Waals surface area contributed by atoms with Gasteiger partial charge in [-0.2, -0.15) is 0 Å². The van der Waals surface area contributed by atoms with Gasteiger partial charge in [-0.25, -0.2) is 0 Å². The van der Waals surface area contributed by atoms with E-state index in [0.29, 0.717) is 19.3 Å². The number of benzene rings is 1. The first kappa shape index (κ1) is 19.3. The quantitative estimate of drug-likeness (QED) is 0.391. The molecule has 0 spiro atoms. The van der Waals surface area contributed by atoms with Crippen LogP contribution >= 0.6 is 0 Å². The molecule has 6 heteroatoms. The predicted molar refractivity (Wildman–Crippen MR) is 98.7 cm³/mol. The number of nitrogens with two attached hydrogens (primary N) is 1. The number of carbonyl (C=O) groups excluding carboxylic acids is 2. The Hall–Kier alpha value is -2.76. The van der Waals surface area contributed by atoms with Crippen molar-refractivity contribution in [2.75, 3.05) is 11.9 Å². The number of hydrogen-bond acceptors (Lipinski definition) is 6. The third kappa shape index (κ3) is 7.49. The van der Waals surface area contributed by atoms with Gasteiger partial charge in [-0.3, -0.25) is 14.8 Å². The lowest BCUT2D eigenvalue weighted by Crippen LogP contribution is -2.11. The van der Waals surface area contributed by atoms with Gasteiger partial charge in [0.25, 0.3) is 0 Å². The number of carbonyl (C=O) groups is 2. The van der Waals surface area contributed by atoms with Crippen LogP contribution in [0.2, 0.25) is 0 Å². The standard InChI is InChI=1S/C18H24N4O2/c1-14(4-3-9-23)20-12-16-5-7-17(8-6-16)21-11-15(2)22-18(10-19)13-24/h5-10,12-14,21H,3-4,11,19H2,1-2H3/b18-10-,20-12+,22-15+/t14-/m1/s1. The van der Waals surface area contributed by atoms with Gasteiger partial charge in [0.1, 0.15) is 12.0 Å². The van der Waals surface area contributed by atoms with Crippen molar-refractivity contribution in [3.8, 4) is 0 Å². The Labute approximate surface area is 142 Å². The molecule has 0 saturated heterocycles.